The van der Waals surface area contributed by atoms with Crippen LogP contribution in [-0.4, -0.2) is 30.5 Å². The summed E-state index contributed by atoms with van der Waals surface area (Å²) in [6, 6.07) is 6.72. The fourth-order valence-electron chi connectivity index (χ4n) is 2.79. The second-order valence-electron chi connectivity index (χ2n) is 5.30. The van der Waals surface area contributed by atoms with Gasteiger partial charge in [0.05, 0.1) is 12.8 Å². The predicted molar refractivity (Wildman–Crippen MR) is 81.4 cm³/mol. The zero-order valence-electron chi connectivity index (χ0n) is 13.0. The van der Waals surface area contributed by atoms with E-state index in [0.717, 1.165) is 0 Å². The molecule has 0 aromatic heterocycles. The second kappa shape index (κ2) is 5.76. The molecule has 1 saturated heterocycles. The van der Waals surface area contributed by atoms with Crippen molar-refractivity contribution in [1.29, 1.82) is 0 Å². The van der Waals surface area contributed by atoms with Crippen molar-refractivity contribution in [3.63, 3.8) is 0 Å². The van der Waals surface area contributed by atoms with Gasteiger partial charge in [0.15, 0.2) is 0 Å². The Bertz CT molecular complexity index is 552. The minimum atomic E-state index is -0.829. The van der Waals surface area contributed by atoms with Crippen LogP contribution in [0, 0.1) is 0 Å². The topological polar surface area (TPSA) is 58.6 Å². The number of nitrogens with zero attached hydrogens (tertiary/aromatic N) is 1. The molecule has 1 aromatic rings. The maximum absolute atomic E-state index is 13.0. The molecule has 0 bridgehead atoms. The maximum atomic E-state index is 13.0. The lowest BCUT2D eigenvalue weighted by molar-refractivity contribution is -0.138. The standard InChI is InChI=1S/C16H22N2O3/c1-5-16(6-2)15(20)18(11(3)14(19)17-16)12-9-7-8-10-13(12)21-4/h7-11H,5-6H2,1-4H3,(H,17,19). The van der Waals surface area contributed by atoms with Crippen LogP contribution >= 0.6 is 0 Å². The molecule has 1 unspecified atom stereocenters. The molecule has 21 heavy (non-hydrogen) atoms. The van der Waals surface area contributed by atoms with Crippen molar-refractivity contribution in [3.8, 4) is 5.75 Å². The highest BCUT2D eigenvalue weighted by atomic mass is 16.5. The molecule has 1 fully saturated rings. The van der Waals surface area contributed by atoms with Gasteiger partial charge in [-0.05, 0) is 31.9 Å². The van der Waals surface area contributed by atoms with Gasteiger partial charge in [0.2, 0.25) is 5.91 Å². The quantitative estimate of drug-likeness (QED) is 0.924. The summed E-state index contributed by atoms with van der Waals surface area (Å²) in [6.45, 7) is 5.56. The molecule has 2 rings (SSSR count). The molecule has 2 amide bonds. The van der Waals surface area contributed by atoms with E-state index in [1.807, 2.05) is 32.0 Å². The molecule has 5 heteroatoms. The summed E-state index contributed by atoms with van der Waals surface area (Å²) in [4.78, 5) is 26.9. The summed E-state index contributed by atoms with van der Waals surface area (Å²) in [6.07, 6.45) is 1.12. The third-order valence-electron chi connectivity index (χ3n) is 4.31. The average molecular weight is 290 g/mol. The molecule has 0 radical (unpaired) electrons. The van der Waals surface area contributed by atoms with Crippen LogP contribution in [0.4, 0.5) is 5.69 Å². The number of anilines is 1. The molecule has 1 atom stereocenters. The number of rotatable bonds is 4. The first kappa shape index (κ1) is 15.4. The molecule has 1 aliphatic rings. The number of methoxy groups -OCH3 is 1. The Morgan fingerprint density at radius 2 is 1.86 bits per heavy atom. The van der Waals surface area contributed by atoms with Crippen LogP contribution in [0.25, 0.3) is 0 Å². The van der Waals surface area contributed by atoms with E-state index in [0.29, 0.717) is 24.3 Å². The Morgan fingerprint density at radius 1 is 1.24 bits per heavy atom. The van der Waals surface area contributed by atoms with Crippen molar-refractivity contribution in [2.75, 3.05) is 12.0 Å². The number of nitrogens with one attached hydrogen (secondary N) is 1. The zero-order chi connectivity index (χ0) is 15.6. The van der Waals surface area contributed by atoms with E-state index in [4.69, 9.17) is 4.74 Å². The molecule has 1 aliphatic heterocycles. The van der Waals surface area contributed by atoms with Gasteiger partial charge in [-0.1, -0.05) is 26.0 Å². The number of ether oxygens (including phenoxy) is 1. The van der Waals surface area contributed by atoms with E-state index < -0.39 is 11.6 Å². The van der Waals surface area contributed by atoms with E-state index >= 15 is 0 Å². The fourth-order valence-corrected chi connectivity index (χ4v) is 2.79. The van der Waals surface area contributed by atoms with Gasteiger partial charge < -0.3 is 10.1 Å². The van der Waals surface area contributed by atoms with E-state index in [1.54, 1.807) is 25.0 Å². The number of para-hydroxylation sites is 2. The number of carbonyl (C=O) groups is 2. The Kier molecular flexibility index (Phi) is 4.21. The minimum absolute atomic E-state index is 0.0795. The molecular formula is C16H22N2O3. The summed E-state index contributed by atoms with van der Waals surface area (Å²) >= 11 is 0. The van der Waals surface area contributed by atoms with Crippen molar-refractivity contribution in [2.45, 2.75) is 45.2 Å². The van der Waals surface area contributed by atoms with Crippen molar-refractivity contribution >= 4 is 17.5 Å². The molecule has 114 valence electrons. The molecule has 5 nitrogen and oxygen atoms in total. The lowest BCUT2D eigenvalue weighted by atomic mass is 9.87. The van der Waals surface area contributed by atoms with Crippen molar-refractivity contribution in [2.24, 2.45) is 0 Å². The molecular weight excluding hydrogens is 268 g/mol. The first-order valence-corrected chi connectivity index (χ1v) is 7.29. The summed E-state index contributed by atoms with van der Waals surface area (Å²) in [5, 5.41) is 2.90. The Labute approximate surface area is 125 Å². The molecule has 1 N–H and O–H groups in total. The maximum Gasteiger partial charge on any atom is 0.253 e. The van der Waals surface area contributed by atoms with Gasteiger partial charge in [-0.25, -0.2) is 0 Å². The van der Waals surface area contributed by atoms with E-state index in [1.165, 1.54) is 0 Å². The number of amides is 2. The normalized spacial score (nSPS) is 21.1. The van der Waals surface area contributed by atoms with Crippen LogP contribution in [0.2, 0.25) is 0 Å². The van der Waals surface area contributed by atoms with E-state index in [9.17, 15) is 9.59 Å². The van der Waals surface area contributed by atoms with E-state index in [2.05, 4.69) is 5.32 Å². The van der Waals surface area contributed by atoms with Crippen LogP contribution < -0.4 is 15.0 Å². The minimum Gasteiger partial charge on any atom is -0.495 e. The monoisotopic (exact) mass is 290 g/mol. The highest BCUT2D eigenvalue weighted by molar-refractivity contribution is 6.11. The summed E-state index contributed by atoms with van der Waals surface area (Å²) in [5.41, 5.74) is -0.191. The first-order valence-electron chi connectivity index (χ1n) is 7.29. The molecule has 0 saturated carbocycles. The molecule has 1 heterocycles. The number of benzene rings is 1. The predicted octanol–water partition coefficient (Wildman–Crippen LogP) is 2.11. The Balaban J connectivity index is 2.54. The van der Waals surface area contributed by atoms with Gasteiger partial charge >= 0.3 is 0 Å². The lowest BCUT2D eigenvalue weighted by Crippen LogP contribution is -2.69. The van der Waals surface area contributed by atoms with E-state index in [-0.39, 0.29) is 11.8 Å². The summed E-state index contributed by atoms with van der Waals surface area (Å²) in [7, 11) is 1.56. The lowest BCUT2D eigenvalue weighted by Gasteiger charge is -2.44. The van der Waals surface area contributed by atoms with Crippen LogP contribution in [0.3, 0.4) is 0 Å². The number of hydrogen-bond acceptors (Lipinski definition) is 3. The SMILES string of the molecule is CCC1(CC)NC(=O)C(C)N(c2ccccc2OC)C1=O. The Morgan fingerprint density at radius 3 is 2.43 bits per heavy atom. The van der Waals surface area contributed by atoms with Crippen LogP contribution in [0.5, 0.6) is 5.75 Å². The second-order valence-corrected chi connectivity index (χ2v) is 5.30. The van der Waals surface area contributed by atoms with Gasteiger partial charge in [0.25, 0.3) is 5.91 Å². The third-order valence-corrected chi connectivity index (χ3v) is 4.31. The molecule has 0 spiro atoms. The van der Waals surface area contributed by atoms with Gasteiger partial charge in [-0.15, -0.1) is 0 Å². The van der Waals surface area contributed by atoms with Gasteiger partial charge in [-0.2, -0.15) is 0 Å². The van der Waals surface area contributed by atoms with Crippen LogP contribution in [-0.2, 0) is 9.59 Å². The highest BCUT2D eigenvalue weighted by Gasteiger charge is 2.48. The smallest absolute Gasteiger partial charge is 0.253 e. The van der Waals surface area contributed by atoms with Crippen molar-refractivity contribution in [3.05, 3.63) is 24.3 Å². The summed E-state index contributed by atoms with van der Waals surface area (Å²) < 4.78 is 5.34. The van der Waals surface area contributed by atoms with Crippen LogP contribution in [0.1, 0.15) is 33.6 Å². The zero-order valence-corrected chi connectivity index (χ0v) is 13.0. The van der Waals surface area contributed by atoms with Gasteiger partial charge in [0, 0.05) is 0 Å². The van der Waals surface area contributed by atoms with Crippen LogP contribution in [0.15, 0.2) is 24.3 Å². The molecule has 1 aromatic carbocycles. The third kappa shape index (κ3) is 2.37. The average Bonchev–Trinajstić information content (AvgIpc) is 2.52. The molecule has 0 aliphatic carbocycles. The van der Waals surface area contributed by atoms with Crippen molar-refractivity contribution < 1.29 is 14.3 Å². The fraction of sp³-hybridized carbons (Fsp3) is 0.500. The van der Waals surface area contributed by atoms with Gasteiger partial charge in [-0.3, -0.25) is 14.5 Å². The Hall–Kier alpha value is -2.04. The largest absolute Gasteiger partial charge is 0.495 e. The number of carbonyl (C=O) groups excluding carboxylic acids is 2. The number of hydrogen-bond donors (Lipinski definition) is 1. The highest BCUT2D eigenvalue weighted by Crippen LogP contribution is 2.34. The number of piperazine rings is 1. The van der Waals surface area contributed by atoms with Crippen molar-refractivity contribution in [1.82, 2.24) is 5.32 Å². The summed E-state index contributed by atoms with van der Waals surface area (Å²) in [5.74, 6) is 0.377. The first-order chi connectivity index (χ1) is 10.0. The van der Waals surface area contributed by atoms with Gasteiger partial charge in [0.1, 0.15) is 17.3 Å².